The maximum atomic E-state index is 5.67. The maximum absolute atomic E-state index is 5.67. The molecule has 0 radical (unpaired) electrons. The van der Waals surface area contributed by atoms with Crippen LogP contribution in [0, 0.1) is 0 Å². The van der Waals surface area contributed by atoms with Crippen molar-refractivity contribution in [3.05, 3.63) is 30.1 Å². The molecule has 0 saturated heterocycles. The van der Waals surface area contributed by atoms with E-state index < -0.39 is 0 Å². The number of aromatic nitrogens is 4. The summed E-state index contributed by atoms with van der Waals surface area (Å²) in [4.78, 5) is 0. The van der Waals surface area contributed by atoms with Crippen molar-refractivity contribution in [3.63, 3.8) is 0 Å². The summed E-state index contributed by atoms with van der Waals surface area (Å²) in [6.07, 6.45) is 2.04. The van der Waals surface area contributed by atoms with Crippen LogP contribution in [0.4, 0.5) is 0 Å². The SMILES string of the molecule is CCCc1nnnn1-c1cccc(OC(C)C)c1. The molecule has 2 rings (SSSR count). The van der Waals surface area contributed by atoms with Gasteiger partial charge in [-0.05, 0) is 42.8 Å². The molecule has 1 aromatic carbocycles. The minimum atomic E-state index is 0.157. The lowest BCUT2D eigenvalue weighted by Gasteiger charge is -2.11. The molecule has 1 aromatic heterocycles. The van der Waals surface area contributed by atoms with Gasteiger partial charge in [0.1, 0.15) is 5.75 Å². The normalized spacial score (nSPS) is 10.9. The first-order valence-electron chi connectivity index (χ1n) is 6.25. The fourth-order valence-electron chi connectivity index (χ4n) is 1.75. The predicted molar refractivity (Wildman–Crippen MR) is 68.9 cm³/mol. The van der Waals surface area contributed by atoms with Gasteiger partial charge in [0.25, 0.3) is 0 Å². The second kappa shape index (κ2) is 5.62. The molecule has 96 valence electrons. The molecule has 0 fully saturated rings. The second-order valence-corrected chi connectivity index (χ2v) is 4.42. The fourth-order valence-corrected chi connectivity index (χ4v) is 1.75. The molecule has 0 N–H and O–H groups in total. The number of benzene rings is 1. The number of rotatable bonds is 5. The van der Waals surface area contributed by atoms with Gasteiger partial charge in [-0.3, -0.25) is 0 Å². The van der Waals surface area contributed by atoms with E-state index in [1.807, 2.05) is 38.1 Å². The lowest BCUT2D eigenvalue weighted by Crippen LogP contribution is -2.07. The zero-order valence-electron chi connectivity index (χ0n) is 11.0. The summed E-state index contributed by atoms with van der Waals surface area (Å²) < 4.78 is 7.43. The fraction of sp³-hybridized carbons (Fsp3) is 0.462. The molecule has 5 heteroatoms. The van der Waals surface area contributed by atoms with Crippen molar-refractivity contribution in [2.45, 2.75) is 39.7 Å². The van der Waals surface area contributed by atoms with Gasteiger partial charge in [0, 0.05) is 12.5 Å². The number of ether oxygens (including phenoxy) is 1. The molecule has 0 aliphatic heterocycles. The minimum absolute atomic E-state index is 0.157. The van der Waals surface area contributed by atoms with Crippen molar-refractivity contribution in [3.8, 4) is 11.4 Å². The van der Waals surface area contributed by atoms with Gasteiger partial charge >= 0.3 is 0 Å². The molecule has 0 atom stereocenters. The summed E-state index contributed by atoms with van der Waals surface area (Å²) in [7, 11) is 0. The topological polar surface area (TPSA) is 52.8 Å². The lowest BCUT2D eigenvalue weighted by atomic mass is 10.2. The largest absolute Gasteiger partial charge is 0.491 e. The van der Waals surface area contributed by atoms with E-state index >= 15 is 0 Å². The Morgan fingerprint density at radius 2 is 2.17 bits per heavy atom. The van der Waals surface area contributed by atoms with E-state index in [2.05, 4.69) is 22.4 Å². The van der Waals surface area contributed by atoms with Crippen molar-refractivity contribution in [2.24, 2.45) is 0 Å². The smallest absolute Gasteiger partial charge is 0.156 e. The van der Waals surface area contributed by atoms with Crippen LogP contribution in [0.1, 0.15) is 33.0 Å². The second-order valence-electron chi connectivity index (χ2n) is 4.42. The molecule has 0 unspecified atom stereocenters. The van der Waals surface area contributed by atoms with Gasteiger partial charge in [0.2, 0.25) is 0 Å². The monoisotopic (exact) mass is 246 g/mol. The highest BCUT2D eigenvalue weighted by atomic mass is 16.5. The summed E-state index contributed by atoms with van der Waals surface area (Å²) in [5.74, 6) is 1.71. The summed E-state index contributed by atoms with van der Waals surface area (Å²) in [5, 5.41) is 11.8. The Bertz CT molecular complexity index is 507. The standard InChI is InChI=1S/C13H18N4O/c1-4-6-13-14-15-16-17(13)11-7-5-8-12(9-11)18-10(2)3/h5,7-10H,4,6H2,1-3H3. The average Bonchev–Trinajstić information content (AvgIpc) is 2.77. The average molecular weight is 246 g/mol. The van der Waals surface area contributed by atoms with Crippen molar-refractivity contribution in [1.82, 2.24) is 20.2 Å². The molecule has 0 aliphatic rings. The molecule has 1 heterocycles. The first-order valence-corrected chi connectivity index (χ1v) is 6.25. The molecule has 5 nitrogen and oxygen atoms in total. The van der Waals surface area contributed by atoms with E-state index in [1.165, 1.54) is 0 Å². The minimum Gasteiger partial charge on any atom is -0.491 e. The molecular weight excluding hydrogens is 228 g/mol. The van der Waals surface area contributed by atoms with Crippen molar-refractivity contribution in [2.75, 3.05) is 0 Å². The first-order chi connectivity index (χ1) is 8.70. The third kappa shape index (κ3) is 2.85. The molecule has 0 aliphatic carbocycles. The van der Waals surface area contributed by atoms with Gasteiger partial charge in [0.05, 0.1) is 11.8 Å². The van der Waals surface area contributed by atoms with Gasteiger partial charge in [-0.2, -0.15) is 4.68 Å². The number of tetrazole rings is 1. The van der Waals surface area contributed by atoms with E-state index in [4.69, 9.17) is 4.74 Å². The van der Waals surface area contributed by atoms with Crippen molar-refractivity contribution in [1.29, 1.82) is 0 Å². The van der Waals surface area contributed by atoms with Gasteiger partial charge in [-0.25, -0.2) is 0 Å². The van der Waals surface area contributed by atoms with Crippen LogP contribution in [0.2, 0.25) is 0 Å². The van der Waals surface area contributed by atoms with Crippen molar-refractivity contribution >= 4 is 0 Å². The Morgan fingerprint density at radius 3 is 2.89 bits per heavy atom. The van der Waals surface area contributed by atoms with Crippen LogP contribution >= 0.6 is 0 Å². The summed E-state index contributed by atoms with van der Waals surface area (Å²) in [5.41, 5.74) is 0.932. The van der Waals surface area contributed by atoms with Crippen LogP contribution in [0.25, 0.3) is 5.69 Å². The molecule has 2 aromatic rings. The van der Waals surface area contributed by atoms with Crippen LogP contribution in [0.3, 0.4) is 0 Å². The van der Waals surface area contributed by atoms with Gasteiger partial charge in [-0.15, -0.1) is 5.10 Å². The van der Waals surface area contributed by atoms with E-state index in [1.54, 1.807) is 4.68 Å². The van der Waals surface area contributed by atoms with Crippen LogP contribution in [0.5, 0.6) is 5.75 Å². The summed E-state index contributed by atoms with van der Waals surface area (Å²) >= 11 is 0. The highest BCUT2D eigenvalue weighted by Crippen LogP contribution is 2.18. The quantitative estimate of drug-likeness (QED) is 0.813. The predicted octanol–water partition coefficient (Wildman–Crippen LogP) is 2.40. The molecule has 18 heavy (non-hydrogen) atoms. The molecule has 0 spiro atoms. The number of hydrogen-bond donors (Lipinski definition) is 0. The Kier molecular flexibility index (Phi) is 3.92. The highest BCUT2D eigenvalue weighted by molar-refractivity contribution is 5.38. The Labute approximate surface area is 107 Å². The van der Waals surface area contributed by atoms with Crippen LogP contribution in [0.15, 0.2) is 24.3 Å². The van der Waals surface area contributed by atoms with Crippen molar-refractivity contribution < 1.29 is 4.74 Å². The molecule has 0 amide bonds. The lowest BCUT2D eigenvalue weighted by molar-refractivity contribution is 0.242. The zero-order chi connectivity index (χ0) is 13.0. The first kappa shape index (κ1) is 12.5. The van der Waals surface area contributed by atoms with E-state index in [0.29, 0.717) is 0 Å². The van der Waals surface area contributed by atoms with Gasteiger partial charge in [0.15, 0.2) is 5.82 Å². The maximum Gasteiger partial charge on any atom is 0.156 e. The molecule has 0 saturated carbocycles. The summed E-state index contributed by atoms with van der Waals surface area (Å²) in [6, 6.07) is 7.82. The zero-order valence-corrected chi connectivity index (χ0v) is 11.0. The summed E-state index contributed by atoms with van der Waals surface area (Å²) in [6.45, 7) is 6.12. The number of hydrogen-bond acceptors (Lipinski definition) is 4. The van der Waals surface area contributed by atoms with Gasteiger partial charge in [-0.1, -0.05) is 13.0 Å². The third-order valence-electron chi connectivity index (χ3n) is 2.44. The Morgan fingerprint density at radius 1 is 1.33 bits per heavy atom. The number of aryl methyl sites for hydroxylation is 1. The third-order valence-corrected chi connectivity index (χ3v) is 2.44. The van der Waals surface area contributed by atoms with Crippen LogP contribution in [-0.4, -0.2) is 26.3 Å². The van der Waals surface area contributed by atoms with E-state index in [9.17, 15) is 0 Å². The molecular formula is C13H18N4O. The van der Waals surface area contributed by atoms with E-state index in [0.717, 1.165) is 30.1 Å². The van der Waals surface area contributed by atoms with Crippen LogP contribution < -0.4 is 4.74 Å². The Hall–Kier alpha value is -1.91. The van der Waals surface area contributed by atoms with Crippen LogP contribution in [-0.2, 0) is 6.42 Å². The van der Waals surface area contributed by atoms with E-state index in [-0.39, 0.29) is 6.10 Å². The molecule has 0 bridgehead atoms. The number of nitrogens with zero attached hydrogens (tertiary/aromatic N) is 4. The van der Waals surface area contributed by atoms with Gasteiger partial charge < -0.3 is 4.74 Å². The Balaban J connectivity index is 2.29. The highest BCUT2D eigenvalue weighted by Gasteiger charge is 2.08.